The van der Waals surface area contributed by atoms with E-state index in [2.05, 4.69) is 14.5 Å². The van der Waals surface area contributed by atoms with E-state index in [1.807, 2.05) is 0 Å². The summed E-state index contributed by atoms with van der Waals surface area (Å²) < 4.78 is 9.25. The largest absolute Gasteiger partial charge is 0.464 e. The summed E-state index contributed by atoms with van der Waals surface area (Å²) in [5.41, 5.74) is 0.0785. The van der Waals surface area contributed by atoms with Crippen molar-refractivity contribution in [2.75, 3.05) is 14.2 Å². The second kappa shape index (κ2) is 5.24. The summed E-state index contributed by atoms with van der Waals surface area (Å²) in [6.07, 6.45) is 0. The Morgan fingerprint density at radius 3 is 2.42 bits per heavy atom. The van der Waals surface area contributed by atoms with Crippen LogP contribution in [0.2, 0.25) is 5.02 Å². The molecule has 0 atom stereocenters. The molecule has 0 saturated heterocycles. The van der Waals surface area contributed by atoms with E-state index < -0.39 is 11.9 Å². The van der Waals surface area contributed by atoms with Crippen LogP contribution in [0, 0.1) is 0 Å². The highest BCUT2D eigenvalue weighted by Gasteiger charge is 2.17. The number of halogens is 1. The molecular weight excluding hydrogens is 270 g/mol. The number of nitrogens with zero attached hydrogens (tertiary/aromatic N) is 1. The van der Waals surface area contributed by atoms with Gasteiger partial charge in [0.1, 0.15) is 5.69 Å². The van der Waals surface area contributed by atoms with Gasteiger partial charge >= 0.3 is 11.9 Å². The molecule has 0 radical (unpaired) electrons. The smallest absolute Gasteiger partial charge is 0.357 e. The highest BCUT2D eigenvalue weighted by atomic mass is 35.5. The van der Waals surface area contributed by atoms with Crippen molar-refractivity contribution in [2.45, 2.75) is 0 Å². The molecule has 1 heterocycles. The fourth-order valence-corrected chi connectivity index (χ4v) is 1.87. The molecular formula is C13H10ClNO4. The van der Waals surface area contributed by atoms with Gasteiger partial charge < -0.3 is 9.47 Å². The molecule has 1 aromatic carbocycles. The third-order valence-corrected chi connectivity index (χ3v) is 2.80. The van der Waals surface area contributed by atoms with Crippen molar-refractivity contribution in [1.82, 2.24) is 4.98 Å². The van der Waals surface area contributed by atoms with Gasteiger partial charge in [0.05, 0.1) is 14.2 Å². The van der Waals surface area contributed by atoms with E-state index in [-0.39, 0.29) is 11.4 Å². The number of esters is 2. The minimum atomic E-state index is -0.632. The second-order valence-electron chi connectivity index (χ2n) is 3.70. The van der Waals surface area contributed by atoms with Gasteiger partial charge in [0.15, 0.2) is 5.69 Å². The fraction of sp³-hybridized carbons (Fsp3) is 0.154. The van der Waals surface area contributed by atoms with Gasteiger partial charge in [-0.15, -0.1) is 0 Å². The minimum absolute atomic E-state index is 0.0256. The van der Waals surface area contributed by atoms with Gasteiger partial charge in [-0.1, -0.05) is 17.7 Å². The summed E-state index contributed by atoms with van der Waals surface area (Å²) in [5.74, 6) is -1.26. The topological polar surface area (TPSA) is 65.5 Å². The monoisotopic (exact) mass is 279 g/mol. The number of aromatic nitrogens is 1. The molecule has 0 aliphatic heterocycles. The van der Waals surface area contributed by atoms with Crippen LogP contribution in [0.4, 0.5) is 0 Å². The summed E-state index contributed by atoms with van der Waals surface area (Å²) >= 11 is 5.90. The molecule has 0 saturated carbocycles. The van der Waals surface area contributed by atoms with E-state index in [9.17, 15) is 9.59 Å². The maximum atomic E-state index is 11.7. The average Bonchev–Trinajstić information content (AvgIpc) is 2.43. The Kier molecular flexibility index (Phi) is 3.66. The van der Waals surface area contributed by atoms with E-state index in [4.69, 9.17) is 11.6 Å². The molecule has 0 fully saturated rings. The summed E-state index contributed by atoms with van der Waals surface area (Å²) in [7, 11) is 2.49. The fourth-order valence-electron chi connectivity index (χ4n) is 1.69. The van der Waals surface area contributed by atoms with Crippen LogP contribution in [-0.4, -0.2) is 31.1 Å². The number of ether oxygens (including phenoxy) is 2. The highest BCUT2D eigenvalue weighted by molar-refractivity contribution is 6.31. The Bertz CT molecular complexity index is 669. The lowest BCUT2D eigenvalue weighted by molar-refractivity contribution is 0.0588. The number of pyridine rings is 1. The number of carbonyl (C=O) groups is 2. The molecule has 2 rings (SSSR count). The number of fused-ring (bicyclic) bond motifs is 1. The van der Waals surface area contributed by atoms with Gasteiger partial charge in [-0.3, -0.25) is 0 Å². The van der Waals surface area contributed by atoms with Crippen LogP contribution in [-0.2, 0) is 9.47 Å². The molecule has 2 aromatic rings. The van der Waals surface area contributed by atoms with Crippen molar-refractivity contribution in [1.29, 1.82) is 0 Å². The van der Waals surface area contributed by atoms with Gasteiger partial charge in [0.2, 0.25) is 0 Å². The molecule has 19 heavy (non-hydrogen) atoms. The zero-order chi connectivity index (χ0) is 14.0. The normalized spacial score (nSPS) is 10.3. The molecule has 0 aliphatic rings. The van der Waals surface area contributed by atoms with Crippen molar-refractivity contribution in [3.8, 4) is 0 Å². The number of hydrogen-bond donors (Lipinski definition) is 0. The number of carbonyl (C=O) groups excluding carboxylic acids is 2. The Morgan fingerprint density at radius 2 is 1.79 bits per heavy atom. The lowest BCUT2D eigenvalue weighted by atomic mass is 10.1. The first-order chi connectivity index (χ1) is 9.06. The van der Waals surface area contributed by atoms with Crippen molar-refractivity contribution >= 4 is 34.3 Å². The van der Waals surface area contributed by atoms with Crippen LogP contribution in [0.5, 0.6) is 0 Å². The Morgan fingerprint density at radius 1 is 1.11 bits per heavy atom. The lowest BCUT2D eigenvalue weighted by Gasteiger charge is -2.07. The van der Waals surface area contributed by atoms with Crippen molar-refractivity contribution < 1.29 is 19.1 Å². The van der Waals surface area contributed by atoms with Crippen molar-refractivity contribution in [2.24, 2.45) is 0 Å². The molecule has 0 aliphatic carbocycles. The average molecular weight is 280 g/mol. The number of rotatable bonds is 2. The molecule has 98 valence electrons. The van der Waals surface area contributed by atoms with Gasteiger partial charge in [-0.05, 0) is 23.6 Å². The molecule has 6 heteroatoms. The van der Waals surface area contributed by atoms with E-state index >= 15 is 0 Å². The molecule has 0 bridgehead atoms. The molecule has 0 spiro atoms. The van der Waals surface area contributed by atoms with Crippen molar-refractivity contribution in [3.05, 3.63) is 40.7 Å². The highest BCUT2D eigenvalue weighted by Crippen LogP contribution is 2.23. The van der Waals surface area contributed by atoms with E-state index in [1.165, 1.54) is 20.3 Å². The number of hydrogen-bond acceptors (Lipinski definition) is 5. The summed E-state index contributed by atoms with van der Waals surface area (Å²) in [6, 6.07) is 6.44. The zero-order valence-electron chi connectivity index (χ0n) is 10.3. The quantitative estimate of drug-likeness (QED) is 0.790. The summed E-state index contributed by atoms with van der Waals surface area (Å²) in [5, 5.41) is 1.66. The van der Waals surface area contributed by atoms with E-state index in [1.54, 1.807) is 18.2 Å². The standard InChI is InChI=1S/C13H10ClNO4/c1-18-12(16)10-6-7-5-8(14)3-4-9(7)11(15-10)13(17)19-2/h3-6H,1-2H3. The van der Waals surface area contributed by atoms with Gasteiger partial charge in [-0.25, -0.2) is 14.6 Å². The molecule has 0 amide bonds. The van der Waals surface area contributed by atoms with Gasteiger partial charge in [0, 0.05) is 10.4 Å². The Hall–Kier alpha value is -2.14. The first-order valence-electron chi connectivity index (χ1n) is 5.33. The first-order valence-corrected chi connectivity index (χ1v) is 5.71. The molecule has 0 unspecified atom stereocenters. The Balaban J connectivity index is 2.76. The van der Waals surface area contributed by atoms with Crippen LogP contribution in [0.25, 0.3) is 10.8 Å². The molecule has 5 nitrogen and oxygen atoms in total. The van der Waals surface area contributed by atoms with Crippen LogP contribution in [0.3, 0.4) is 0 Å². The van der Waals surface area contributed by atoms with Crippen LogP contribution >= 0.6 is 11.6 Å². The van der Waals surface area contributed by atoms with Crippen LogP contribution in [0.1, 0.15) is 21.0 Å². The lowest BCUT2D eigenvalue weighted by Crippen LogP contribution is -2.11. The second-order valence-corrected chi connectivity index (χ2v) is 4.14. The minimum Gasteiger partial charge on any atom is -0.464 e. The van der Waals surface area contributed by atoms with Gasteiger partial charge in [0.25, 0.3) is 0 Å². The Labute approximate surface area is 114 Å². The maximum absolute atomic E-state index is 11.7. The van der Waals surface area contributed by atoms with Crippen molar-refractivity contribution in [3.63, 3.8) is 0 Å². The number of methoxy groups -OCH3 is 2. The van der Waals surface area contributed by atoms with Crippen LogP contribution < -0.4 is 0 Å². The third kappa shape index (κ3) is 2.51. The zero-order valence-corrected chi connectivity index (χ0v) is 11.0. The summed E-state index contributed by atoms with van der Waals surface area (Å²) in [6.45, 7) is 0. The SMILES string of the molecule is COC(=O)c1cc2cc(Cl)ccc2c(C(=O)OC)n1. The third-order valence-electron chi connectivity index (χ3n) is 2.57. The predicted octanol–water partition coefficient (Wildman–Crippen LogP) is 2.46. The maximum Gasteiger partial charge on any atom is 0.357 e. The summed E-state index contributed by atoms with van der Waals surface area (Å²) in [4.78, 5) is 27.2. The van der Waals surface area contributed by atoms with Crippen LogP contribution in [0.15, 0.2) is 24.3 Å². The first kappa shape index (κ1) is 13.3. The molecule has 1 aromatic heterocycles. The van der Waals surface area contributed by atoms with E-state index in [0.717, 1.165) is 0 Å². The van der Waals surface area contributed by atoms with Gasteiger partial charge in [-0.2, -0.15) is 0 Å². The number of benzene rings is 1. The predicted molar refractivity (Wildman–Crippen MR) is 69.4 cm³/mol. The molecule has 0 N–H and O–H groups in total. The van der Waals surface area contributed by atoms with E-state index in [0.29, 0.717) is 15.8 Å².